The van der Waals surface area contributed by atoms with Crippen molar-refractivity contribution in [3.05, 3.63) is 211 Å². The van der Waals surface area contributed by atoms with Crippen LogP contribution in [-0.2, 0) is 5.41 Å². The summed E-state index contributed by atoms with van der Waals surface area (Å²) in [6.07, 6.45) is 0. The van der Waals surface area contributed by atoms with Crippen molar-refractivity contribution in [2.45, 2.75) is 19.3 Å². The summed E-state index contributed by atoms with van der Waals surface area (Å²) in [5.41, 5.74) is 17.3. The second-order valence-electron chi connectivity index (χ2n) is 15.8. The van der Waals surface area contributed by atoms with Crippen LogP contribution in [0.4, 0.5) is 17.1 Å². The molecule has 2 heteroatoms. The van der Waals surface area contributed by atoms with Crippen LogP contribution in [0.5, 0.6) is 0 Å². The van der Waals surface area contributed by atoms with E-state index in [9.17, 15) is 0 Å². The van der Waals surface area contributed by atoms with Crippen LogP contribution >= 0.6 is 0 Å². The molecular formula is C55H39NO. The normalized spacial score (nSPS) is 12.9. The van der Waals surface area contributed by atoms with E-state index in [-0.39, 0.29) is 5.41 Å². The average Bonchev–Trinajstić information content (AvgIpc) is 3.75. The van der Waals surface area contributed by atoms with Crippen molar-refractivity contribution in [3.8, 4) is 44.5 Å². The van der Waals surface area contributed by atoms with Gasteiger partial charge in [0.05, 0.1) is 0 Å². The molecule has 0 bridgehead atoms. The number of hydrogen-bond donors (Lipinski definition) is 0. The highest BCUT2D eigenvalue weighted by Gasteiger charge is 2.36. The molecule has 0 radical (unpaired) electrons. The molecule has 0 fully saturated rings. The zero-order valence-electron chi connectivity index (χ0n) is 31.9. The predicted octanol–water partition coefficient (Wildman–Crippen LogP) is 15.5. The quantitative estimate of drug-likeness (QED) is 0.169. The molecule has 0 N–H and O–H groups in total. The number of nitrogens with zero attached hydrogens (tertiary/aromatic N) is 1. The number of fused-ring (bicyclic) bond motifs is 7. The summed E-state index contributed by atoms with van der Waals surface area (Å²) in [7, 11) is 0. The zero-order chi connectivity index (χ0) is 38.1. The van der Waals surface area contributed by atoms with Gasteiger partial charge in [0.15, 0.2) is 0 Å². The summed E-state index contributed by atoms with van der Waals surface area (Å²) >= 11 is 0. The van der Waals surface area contributed by atoms with Crippen LogP contribution in [0.3, 0.4) is 0 Å². The first-order valence-electron chi connectivity index (χ1n) is 19.7. The van der Waals surface area contributed by atoms with E-state index >= 15 is 0 Å². The maximum atomic E-state index is 6.70. The Labute approximate surface area is 332 Å². The standard InChI is InChI=1S/C55H39NO/c1-55(2)51-18-10-8-16-46(51)47-31-30-44(35-52(47)55)56(43-28-26-40(27-29-43)39-22-20-38(21-23-39)36-12-4-3-5-13-36)45-33-49(42-25-24-37-14-6-7-15-41(37)32-42)54-50(34-45)48-17-9-11-19-53(48)57-54/h3-35H,1-2H3. The number of anilines is 3. The van der Waals surface area contributed by atoms with Crippen molar-refractivity contribution in [2.75, 3.05) is 4.90 Å². The van der Waals surface area contributed by atoms with Crippen molar-refractivity contribution in [1.29, 1.82) is 0 Å². The molecule has 2 nitrogen and oxygen atoms in total. The number of para-hydroxylation sites is 1. The van der Waals surface area contributed by atoms with Gasteiger partial charge in [0.1, 0.15) is 11.2 Å². The molecule has 0 spiro atoms. The van der Waals surface area contributed by atoms with Gasteiger partial charge in [-0.2, -0.15) is 0 Å². The van der Waals surface area contributed by atoms with Gasteiger partial charge < -0.3 is 9.32 Å². The minimum Gasteiger partial charge on any atom is -0.455 e. The first-order valence-corrected chi connectivity index (χ1v) is 19.7. The smallest absolute Gasteiger partial charge is 0.143 e. The lowest BCUT2D eigenvalue weighted by atomic mass is 9.82. The highest BCUT2D eigenvalue weighted by molar-refractivity contribution is 6.12. The Morgan fingerprint density at radius 1 is 0.368 bits per heavy atom. The molecule has 0 atom stereocenters. The summed E-state index contributed by atoms with van der Waals surface area (Å²) in [4.78, 5) is 2.42. The minimum atomic E-state index is -0.135. The maximum absolute atomic E-state index is 6.70. The Kier molecular flexibility index (Phi) is 7.55. The van der Waals surface area contributed by atoms with E-state index in [2.05, 4.69) is 219 Å². The van der Waals surface area contributed by atoms with Crippen LogP contribution in [0.2, 0.25) is 0 Å². The summed E-state index contributed by atoms with van der Waals surface area (Å²) in [6.45, 7) is 4.70. The highest BCUT2D eigenvalue weighted by atomic mass is 16.3. The van der Waals surface area contributed by atoms with E-state index in [0.717, 1.165) is 50.1 Å². The Hall–Kier alpha value is -7.16. The van der Waals surface area contributed by atoms with Gasteiger partial charge in [-0.1, -0.05) is 166 Å². The average molecular weight is 730 g/mol. The molecule has 10 aromatic rings. The molecule has 270 valence electrons. The number of rotatable bonds is 6. The van der Waals surface area contributed by atoms with Gasteiger partial charge in [-0.3, -0.25) is 0 Å². The van der Waals surface area contributed by atoms with Crippen LogP contribution in [0.15, 0.2) is 205 Å². The molecule has 0 unspecified atom stereocenters. The molecule has 0 aliphatic heterocycles. The Morgan fingerprint density at radius 2 is 0.965 bits per heavy atom. The fourth-order valence-electron chi connectivity index (χ4n) is 9.08. The molecular weight excluding hydrogens is 691 g/mol. The first kappa shape index (κ1) is 33.2. The van der Waals surface area contributed by atoms with Crippen LogP contribution in [0.1, 0.15) is 25.0 Å². The summed E-state index contributed by atoms with van der Waals surface area (Å²) in [6, 6.07) is 72.7. The van der Waals surface area contributed by atoms with Crippen LogP contribution in [0, 0.1) is 0 Å². The largest absolute Gasteiger partial charge is 0.455 e. The lowest BCUT2D eigenvalue weighted by molar-refractivity contribution is 0.660. The molecule has 0 saturated heterocycles. The van der Waals surface area contributed by atoms with Crippen molar-refractivity contribution < 1.29 is 4.42 Å². The van der Waals surface area contributed by atoms with Gasteiger partial charge in [0.2, 0.25) is 0 Å². The lowest BCUT2D eigenvalue weighted by Gasteiger charge is -2.29. The number of benzene rings is 9. The molecule has 11 rings (SSSR count). The molecule has 57 heavy (non-hydrogen) atoms. The lowest BCUT2D eigenvalue weighted by Crippen LogP contribution is -2.16. The summed E-state index contributed by atoms with van der Waals surface area (Å²) in [5.74, 6) is 0. The van der Waals surface area contributed by atoms with E-state index in [1.807, 2.05) is 0 Å². The van der Waals surface area contributed by atoms with E-state index in [0.29, 0.717) is 0 Å². The molecule has 1 aromatic heterocycles. The highest BCUT2D eigenvalue weighted by Crippen LogP contribution is 2.51. The van der Waals surface area contributed by atoms with Crippen LogP contribution < -0.4 is 4.90 Å². The molecule has 1 aliphatic rings. The van der Waals surface area contributed by atoms with E-state index < -0.39 is 0 Å². The fourth-order valence-corrected chi connectivity index (χ4v) is 9.08. The third kappa shape index (κ3) is 5.48. The van der Waals surface area contributed by atoms with E-state index in [1.165, 1.54) is 55.3 Å². The summed E-state index contributed by atoms with van der Waals surface area (Å²) in [5, 5.41) is 4.63. The number of hydrogen-bond acceptors (Lipinski definition) is 2. The molecule has 0 amide bonds. The second kappa shape index (κ2) is 13.0. The van der Waals surface area contributed by atoms with Gasteiger partial charge in [0.25, 0.3) is 0 Å². The van der Waals surface area contributed by atoms with Crippen molar-refractivity contribution in [1.82, 2.24) is 0 Å². The Balaban J connectivity index is 1.10. The molecule has 1 heterocycles. The SMILES string of the molecule is CC1(C)c2ccccc2-c2ccc(N(c3ccc(-c4ccc(-c5ccccc5)cc4)cc3)c3cc(-c4ccc5ccccc5c4)c4oc5ccccc5c4c3)cc21. The van der Waals surface area contributed by atoms with E-state index in [1.54, 1.807) is 0 Å². The van der Waals surface area contributed by atoms with Gasteiger partial charge in [-0.15, -0.1) is 0 Å². The Morgan fingerprint density at radius 3 is 1.75 bits per heavy atom. The fraction of sp³-hybridized carbons (Fsp3) is 0.0545. The van der Waals surface area contributed by atoms with Crippen molar-refractivity contribution in [3.63, 3.8) is 0 Å². The number of furan rings is 1. The third-order valence-corrected chi connectivity index (χ3v) is 12.1. The molecule has 9 aromatic carbocycles. The van der Waals surface area contributed by atoms with Gasteiger partial charge in [-0.25, -0.2) is 0 Å². The van der Waals surface area contributed by atoms with Crippen molar-refractivity contribution in [2.24, 2.45) is 0 Å². The molecule has 1 aliphatic carbocycles. The first-order chi connectivity index (χ1) is 28.0. The second-order valence-corrected chi connectivity index (χ2v) is 15.8. The van der Waals surface area contributed by atoms with E-state index in [4.69, 9.17) is 4.42 Å². The van der Waals surface area contributed by atoms with Gasteiger partial charge in [-0.05, 0) is 109 Å². The topological polar surface area (TPSA) is 16.4 Å². The third-order valence-electron chi connectivity index (χ3n) is 12.1. The van der Waals surface area contributed by atoms with Crippen LogP contribution in [-0.4, -0.2) is 0 Å². The van der Waals surface area contributed by atoms with Gasteiger partial charge in [0, 0.05) is 38.8 Å². The van der Waals surface area contributed by atoms with Gasteiger partial charge >= 0.3 is 0 Å². The zero-order valence-corrected chi connectivity index (χ0v) is 31.9. The molecule has 0 saturated carbocycles. The van der Waals surface area contributed by atoms with Crippen LogP contribution in [0.25, 0.3) is 77.2 Å². The Bertz CT molecular complexity index is 3130. The predicted molar refractivity (Wildman–Crippen MR) is 240 cm³/mol. The minimum absolute atomic E-state index is 0.135. The summed E-state index contributed by atoms with van der Waals surface area (Å²) < 4.78 is 6.70. The monoisotopic (exact) mass is 729 g/mol. The van der Waals surface area contributed by atoms with Crippen molar-refractivity contribution >= 4 is 49.8 Å². The maximum Gasteiger partial charge on any atom is 0.143 e.